The van der Waals surface area contributed by atoms with Crippen molar-refractivity contribution in [3.8, 4) is 6.07 Å². The monoisotopic (exact) mass is 226 g/mol. The standard InChI is InChI=1S/C13H14N4/c1-15-9-13-3-2-6-17(13)10-11-4-5-16-12(7-11)8-14/h2-7,15H,9-10H2,1H3. The molecule has 0 aliphatic carbocycles. The molecule has 17 heavy (non-hydrogen) atoms. The molecule has 86 valence electrons. The topological polar surface area (TPSA) is 53.6 Å². The van der Waals surface area contributed by atoms with E-state index in [1.807, 2.05) is 31.4 Å². The number of aromatic nitrogens is 2. The van der Waals surface area contributed by atoms with E-state index >= 15 is 0 Å². The van der Waals surface area contributed by atoms with Crippen LogP contribution in [-0.4, -0.2) is 16.6 Å². The summed E-state index contributed by atoms with van der Waals surface area (Å²) in [4.78, 5) is 3.96. The third-order valence-corrected chi connectivity index (χ3v) is 2.57. The van der Waals surface area contributed by atoms with Crippen molar-refractivity contribution in [2.24, 2.45) is 0 Å². The number of nitrogens with zero attached hydrogens (tertiary/aromatic N) is 3. The minimum absolute atomic E-state index is 0.463. The summed E-state index contributed by atoms with van der Waals surface area (Å²) >= 11 is 0. The van der Waals surface area contributed by atoms with E-state index in [4.69, 9.17) is 5.26 Å². The Morgan fingerprint density at radius 2 is 2.35 bits per heavy atom. The molecule has 4 heteroatoms. The van der Waals surface area contributed by atoms with Crippen molar-refractivity contribution in [3.63, 3.8) is 0 Å². The van der Waals surface area contributed by atoms with Gasteiger partial charge in [0.1, 0.15) is 11.8 Å². The molecule has 0 aliphatic rings. The molecule has 0 saturated heterocycles. The lowest BCUT2D eigenvalue weighted by Gasteiger charge is -2.09. The summed E-state index contributed by atoms with van der Waals surface area (Å²) in [7, 11) is 1.93. The second-order valence-corrected chi connectivity index (χ2v) is 3.82. The first kappa shape index (κ1) is 11.4. The summed E-state index contributed by atoms with van der Waals surface area (Å²) < 4.78 is 2.16. The Balaban J connectivity index is 2.19. The van der Waals surface area contributed by atoms with Crippen molar-refractivity contribution < 1.29 is 0 Å². The lowest BCUT2D eigenvalue weighted by Crippen LogP contribution is -2.11. The Morgan fingerprint density at radius 3 is 3.12 bits per heavy atom. The van der Waals surface area contributed by atoms with Crippen LogP contribution in [0.2, 0.25) is 0 Å². The van der Waals surface area contributed by atoms with Gasteiger partial charge < -0.3 is 9.88 Å². The van der Waals surface area contributed by atoms with Crippen LogP contribution in [0, 0.1) is 11.3 Å². The molecule has 0 bridgehead atoms. The van der Waals surface area contributed by atoms with Gasteiger partial charge in [-0.25, -0.2) is 4.98 Å². The van der Waals surface area contributed by atoms with Crippen LogP contribution in [0.4, 0.5) is 0 Å². The van der Waals surface area contributed by atoms with Crippen LogP contribution in [0.3, 0.4) is 0 Å². The Kier molecular flexibility index (Phi) is 3.53. The molecule has 2 rings (SSSR count). The van der Waals surface area contributed by atoms with E-state index in [0.29, 0.717) is 5.69 Å². The maximum atomic E-state index is 8.80. The predicted molar refractivity (Wildman–Crippen MR) is 65.2 cm³/mol. The highest BCUT2D eigenvalue weighted by molar-refractivity contribution is 5.26. The Morgan fingerprint density at radius 1 is 1.47 bits per heavy atom. The van der Waals surface area contributed by atoms with E-state index in [2.05, 4.69) is 27.0 Å². The molecule has 2 aromatic rings. The summed E-state index contributed by atoms with van der Waals surface area (Å²) in [5.74, 6) is 0. The van der Waals surface area contributed by atoms with Gasteiger partial charge in [0.2, 0.25) is 0 Å². The molecule has 0 amide bonds. The highest BCUT2D eigenvalue weighted by Gasteiger charge is 2.02. The maximum absolute atomic E-state index is 8.80. The summed E-state index contributed by atoms with van der Waals surface area (Å²) in [5.41, 5.74) is 2.78. The molecule has 0 spiro atoms. The van der Waals surface area contributed by atoms with Crippen molar-refractivity contribution in [1.82, 2.24) is 14.9 Å². The number of hydrogen-bond donors (Lipinski definition) is 1. The first-order valence-corrected chi connectivity index (χ1v) is 5.47. The molecule has 0 atom stereocenters. The molecule has 0 aromatic carbocycles. The summed E-state index contributed by atoms with van der Waals surface area (Å²) in [6, 6.07) is 9.92. The number of rotatable bonds is 4. The molecule has 4 nitrogen and oxygen atoms in total. The smallest absolute Gasteiger partial charge is 0.140 e. The lowest BCUT2D eigenvalue weighted by atomic mass is 10.2. The van der Waals surface area contributed by atoms with Crippen LogP contribution in [-0.2, 0) is 13.1 Å². The third kappa shape index (κ3) is 2.71. The van der Waals surface area contributed by atoms with Gasteiger partial charge in [0, 0.05) is 31.2 Å². The SMILES string of the molecule is CNCc1cccn1Cc1ccnc(C#N)c1. The van der Waals surface area contributed by atoms with Crippen LogP contribution in [0.25, 0.3) is 0 Å². The fraction of sp³-hybridized carbons (Fsp3) is 0.231. The Hall–Kier alpha value is -2.12. The molecular formula is C13H14N4. The lowest BCUT2D eigenvalue weighted by molar-refractivity contribution is 0.693. The number of hydrogen-bond acceptors (Lipinski definition) is 3. The fourth-order valence-electron chi connectivity index (χ4n) is 1.78. The van der Waals surface area contributed by atoms with E-state index in [1.54, 1.807) is 6.20 Å². The molecule has 0 aliphatic heterocycles. The van der Waals surface area contributed by atoms with E-state index in [-0.39, 0.29) is 0 Å². The van der Waals surface area contributed by atoms with Gasteiger partial charge in [-0.05, 0) is 36.9 Å². The van der Waals surface area contributed by atoms with Crippen molar-refractivity contribution >= 4 is 0 Å². The molecule has 0 saturated carbocycles. The van der Waals surface area contributed by atoms with Crippen LogP contribution in [0.15, 0.2) is 36.7 Å². The molecule has 1 N–H and O–H groups in total. The van der Waals surface area contributed by atoms with Crippen LogP contribution in [0.5, 0.6) is 0 Å². The van der Waals surface area contributed by atoms with Gasteiger partial charge in [0.15, 0.2) is 0 Å². The molecule has 0 fully saturated rings. The Labute approximate surface area is 101 Å². The Bertz CT molecular complexity index is 536. The van der Waals surface area contributed by atoms with E-state index in [9.17, 15) is 0 Å². The second kappa shape index (κ2) is 5.28. The van der Waals surface area contributed by atoms with Crippen molar-refractivity contribution in [3.05, 3.63) is 53.6 Å². The molecule has 0 unspecified atom stereocenters. The van der Waals surface area contributed by atoms with Crippen LogP contribution in [0.1, 0.15) is 17.0 Å². The summed E-state index contributed by atoms with van der Waals surface area (Å²) in [6.07, 6.45) is 3.72. The zero-order valence-electron chi connectivity index (χ0n) is 9.72. The minimum atomic E-state index is 0.463. The number of nitrogens with one attached hydrogen (secondary N) is 1. The normalized spacial score (nSPS) is 10.1. The van der Waals surface area contributed by atoms with Crippen molar-refractivity contribution in [2.75, 3.05) is 7.05 Å². The van der Waals surface area contributed by atoms with E-state index < -0.39 is 0 Å². The molecule has 2 aromatic heterocycles. The maximum Gasteiger partial charge on any atom is 0.140 e. The average Bonchev–Trinajstić information content (AvgIpc) is 2.78. The van der Waals surface area contributed by atoms with Crippen molar-refractivity contribution in [2.45, 2.75) is 13.1 Å². The quantitative estimate of drug-likeness (QED) is 0.860. The summed E-state index contributed by atoms with van der Waals surface area (Å²) in [5, 5.41) is 11.9. The van der Waals surface area contributed by atoms with E-state index in [0.717, 1.165) is 18.7 Å². The zero-order chi connectivity index (χ0) is 12.1. The number of nitriles is 1. The summed E-state index contributed by atoms with van der Waals surface area (Å²) in [6.45, 7) is 1.60. The van der Waals surface area contributed by atoms with Gasteiger partial charge >= 0.3 is 0 Å². The largest absolute Gasteiger partial charge is 0.346 e. The van der Waals surface area contributed by atoms with Crippen LogP contribution < -0.4 is 5.32 Å². The van der Waals surface area contributed by atoms with Gasteiger partial charge in [0.05, 0.1) is 0 Å². The molecular weight excluding hydrogens is 212 g/mol. The number of pyridine rings is 1. The minimum Gasteiger partial charge on any atom is -0.346 e. The first-order valence-electron chi connectivity index (χ1n) is 5.47. The van der Waals surface area contributed by atoms with Gasteiger partial charge in [-0.15, -0.1) is 0 Å². The first-order chi connectivity index (χ1) is 8.33. The van der Waals surface area contributed by atoms with Gasteiger partial charge in [-0.1, -0.05) is 0 Å². The average molecular weight is 226 g/mol. The highest BCUT2D eigenvalue weighted by Crippen LogP contribution is 2.08. The predicted octanol–water partition coefficient (Wildman–Crippen LogP) is 1.52. The van der Waals surface area contributed by atoms with Crippen LogP contribution >= 0.6 is 0 Å². The fourth-order valence-corrected chi connectivity index (χ4v) is 1.78. The third-order valence-electron chi connectivity index (χ3n) is 2.57. The zero-order valence-corrected chi connectivity index (χ0v) is 9.72. The molecule has 0 radical (unpaired) electrons. The van der Waals surface area contributed by atoms with E-state index in [1.165, 1.54) is 5.69 Å². The van der Waals surface area contributed by atoms with Gasteiger partial charge in [0.25, 0.3) is 0 Å². The van der Waals surface area contributed by atoms with Crippen molar-refractivity contribution in [1.29, 1.82) is 5.26 Å². The molecule has 2 heterocycles. The second-order valence-electron chi connectivity index (χ2n) is 3.82. The van der Waals surface area contributed by atoms with Gasteiger partial charge in [-0.3, -0.25) is 0 Å². The van der Waals surface area contributed by atoms with Gasteiger partial charge in [-0.2, -0.15) is 5.26 Å². The highest BCUT2D eigenvalue weighted by atomic mass is 15.0.